The van der Waals surface area contributed by atoms with Crippen molar-refractivity contribution >= 4 is 12.0 Å². The summed E-state index contributed by atoms with van der Waals surface area (Å²) in [4.78, 5) is 26.7. The number of rotatable bonds is 6. The summed E-state index contributed by atoms with van der Waals surface area (Å²) in [6.45, 7) is 5.77. The first-order valence-electron chi connectivity index (χ1n) is 7.58. The van der Waals surface area contributed by atoms with Gasteiger partial charge in [-0.05, 0) is 32.2 Å². The quantitative estimate of drug-likeness (QED) is 0.766. The molecule has 0 aromatic heterocycles. The highest BCUT2D eigenvalue weighted by Gasteiger charge is 2.37. The van der Waals surface area contributed by atoms with Crippen LogP contribution in [0.15, 0.2) is 0 Å². The van der Waals surface area contributed by atoms with Gasteiger partial charge in [0.2, 0.25) is 0 Å². The van der Waals surface area contributed by atoms with Crippen LogP contribution in [0.25, 0.3) is 0 Å². The Morgan fingerprint density at radius 2 is 2.05 bits per heavy atom. The number of hydrogen-bond acceptors (Lipinski definition) is 3. The average molecular weight is 283 g/mol. The summed E-state index contributed by atoms with van der Waals surface area (Å²) in [5.74, 6) is -0.786. The van der Waals surface area contributed by atoms with E-state index in [0.717, 1.165) is 38.8 Å². The first-order valence-corrected chi connectivity index (χ1v) is 7.58. The zero-order valence-corrected chi connectivity index (χ0v) is 12.3. The van der Waals surface area contributed by atoms with Crippen molar-refractivity contribution in [2.45, 2.75) is 57.7 Å². The molecule has 0 radical (unpaired) electrons. The van der Waals surface area contributed by atoms with Crippen LogP contribution < -0.4 is 5.32 Å². The Kier molecular flexibility index (Phi) is 4.86. The first kappa shape index (κ1) is 15.1. The number of hydrogen-bond donors (Lipinski definition) is 2. The molecule has 2 fully saturated rings. The summed E-state index contributed by atoms with van der Waals surface area (Å²) in [6, 6.07) is 0.950. The van der Waals surface area contributed by atoms with Crippen LogP contribution in [0.1, 0.15) is 39.5 Å². The number of carboxylic acids is 1. The van der Waals surface area contributed by atoms with E-state index in [1.807, 2.05) is 16.7 Å². The fraction of sp³-hybridized carbons (Fsp3) is 0.857. The number of likely N-dealkylation sites (tertiary alicyclic amines) is 1. The molecule has 2 aliphatic rings. The zero-order chi connectivity index (χ0) is 14.7. The SMILES string of the molecule is CCC1CCN1C(=O)NC1CC(N(CC)CC(=O)O)C1. The topological polar surface area (TPSA) is 72.9 Å². The first-order chi connectivity index (χ1) is 9.55. The molecule has 1 saturated heterocycles. The van der Waals surface area contributed by atoms with Crippen LogP contribution in [0.5, 0.6) is 0 Å². The number of carboxylic acid groups (broad SMARTS) is 1. The van der Waals surface area contributed by atoms with Crippen LogP contribution in [0.4, 0.5) is 4.79 Å². The predicted molar refractivity (Wildman–Crippen MR) is 75.6 cm³/mol. The molecule has 1 saturated carbocycles. The number of carbonyl (C=O) groups is 2. The molecule has 0 aromatic carbocycles. The van der Waals surface area contributed by atoms with Crippen molar-refractivity contribution in [1.82, 2.24) is 15.1 Å². The number of likely N-dealkylation sites (N-methyl/N-ethyl adjacent to an activating group) is 1. The van der Waals surface area contributed by atoms with E-state index < -0.39 is 5.97 Å². The molecule has 6 heteroatoms. The Labute approximate surface area is 120 Å². The molecule has 114 valence electrons. The van der Waals surface area contributed by atoms with Crippen LogP contribution in [0, 0.1) is 0 Å². The highest BCUT2D eigenvalue weighted by molar-refractivity contribution is 5.76. The molecule has 1 aliphatic carbocycles. The number of urea groups is 1. The normalized spacial score (nSPS) is 28.8. The van der Waals surface area contributed by atoms with Crippen molar-refractivity contribution in [3.05, 3.63) is 0 Å². The summed E-state index contributed by atoms with van der Waals surface area (Å²) >= 11 is 0. The van der Waals surface area contributed by atoms with Gasteiger partial charge in [0, 0.05) is 24.7 Å². The molecule has 20 heavy (non-hydrogen) atoms. The molecule has 1 heterocycles. The summed E-state index contributed by atoms with van der Waals surface area (Å²) in [5, 5.41) is 11.9. The van der Waals surface area contributed by atoms with Crippen LogP contribution in [0.3, 0.4) is 0 Å². The van der Waals surface area contributed by atoms with E-state index in [9.17, 15) is 9.59 Å². The lowest BCUT2D eigenvalue weighted by molar-refractivity contribution is -0.139. The van der Waals surface area contributed by atoms with E-state index in [2.05, 4.69) is 12.2 Å². The van der Waals surface area contributed by atoms with Crippen molar-refractivity contribution < 1.29 is 14.7 Å². The molecule has 0 aromatic rings. The summed E-state index contributed by atoms with van der Waals surface area (Å²) in [5.41, 5.74) is 0. The second-order valence-electron chi connectivity index (χ2n) is 5.77. The van der Waals surface area contributed by atoms with Crippen molar-refractivity contribution in [1.29, 1.82) is 0 Å². The van der Waals surface area contributed by atoms with Crippen molar-refractivity contribution in [3.63, 3.8) is 0 Å². The van der Waals surface area contributed by atoms with Crippen LogP contribution in [-0.4, -0.2) is 64.7 Å². The average Bonchev–Trinajstić information content (AvgIpc) is 2.29. The van der Waals surface area contributed by atoms with Gasteiger partial charge in [-0.15, -0.1) is 0 Å². The molecule has 1 aliphatic heterocycles. The Bertz CT molecular complexity index is 367. The van der Waals surface area contributed by atoms with Crippen molar-refractivity contribution in [2.75, 3.05) is 19.6 Å². The van der Waals surface area contributed by atoms with Gasteiger partial charge in [0.15, 0.2) is 0 Å². The number of nitrogens with one attached hydrogen (secondary N) is 1. The Morgan fingerprint density at radius 1 is 1.35 bits per heavy atom. The molecular formula is C14H25N3O3. The smallest absolute Gasteiger partial charge is 0.317 e. The Morgan fingerprint density at radius 3 is 2.50 bits per heavy atom. The molecule has 1 atom stereocenters. The summed E-state index contributed by atoms with van der Waals surface area (Å²) in [6.07, 6.45) is 3.84. The molecular weight excluding hydrogens is 258 g/mol. The van der Waals surface area contributed by atoms with E-state index in [-0.39, 0.29) is 18.6 Å². The third-order valence-corrected chi connectivity index (χ3v) is 4.58. The fourth-order valence-electron chi connectivity index (χ4n) is 3.07. The van der Waals surface area contributed by atoms with Crippen LogP contribution in [0.2, 0.25) is 0 Å². The third-order valence-electron chi connectivity index (χ3n) is 4.58. The lowest BCUT2D eigenvalue weighted by atomic mass is 9.85. The van der Waals surface area contributed by atoms with Crippen molar-refractivity contribution in [2.24, 2.45) is 0 Å². The Hall–Kier alpha value is -1.30. The van der Waals surface area contributed by atoms with E-state index >= 15 is 0 Å². The van der Waals surface area contributed by atoms with Gasteiger partial charge < -0.3 is 15.3 Å². The lowest BCUT2D eigenvalue weighted by Crippen LogP contribution is -2.60. The van der Waals surface area contributed by atoms with Gasteiger partial charge in [-0.1, -0.05) is 13.8 Å². The van der Waals surface area contributed by atoms with Gasteiger partial charge in [-0.25, -0.2) is 4.79 Å². The zero-order valence-electron chi connectivity index (χ0n) is 12.3. The maximum absolute atomic E-state index is 12.0. The van der Waals surface area contributed by atoms with Gasteiger partial charge in [0.05, 0.1) is 6.54 Å². The minimum atomic E-state index is -0.786. The van der Waals surface area contributed by atoms with E-state index in [1.54, 1.807) is 0 Å². The van der Waals surface area contributed by atoms with Gasteiger partial charge >= 0.3 is 12.0 Å². The number of nitrogens with zero attached hydrogens (tertiary/aromatic N) is 2. The maximum Gasteiger partial charge on any atom is 0.317 e. The molecule has 0 spiro atoms. The van der Waals surface area contributed by atoms with E-state index in [4.69, 9.17) is 5.11 Å². The standard InChI is InChI=1S/C14H25N3O3/c1-3-11-5-6-17(11)14(20)15-10-7-12(8-10)16(4-2)9-13(18)19/h10-12H,3-9H2,1-2H3,(H,15,20)(H,18,19). The largest absolute Gasteiger partial charge is 0.480 e. The van der Waals surface area contributed by atoms with Crippen LogP contribution in [-0.2, 0) is 4.79 Å². The minimum Gasteiger partial charge on any atom is -0.480 e. The van der Waals surface area contributed by atoms with Crippen molar-refractivity contribution in [3.8, 4) is 0 Å². The van der Waals surface area contributed by atoms with E-state index in [1.165, 1.54) is 0 Å². The fourth-order valence-corrected chi connectivity index (χ4v) is 3.07. The van der Waals surface area contributed by atoms with E-state index in [0.29, 0.717) is 12.1 Å². The van der Waals surface area contributed by atoms with Gasteiger partial charge in [-0.3, -0.25) is 9.69 Å². The molecule has 6 nitrogen and oxygen atoms in total. The lowest BCUT2D eigenvalue weighted by Gasteiger charge is -2.45. The number of amides is 2. The third kappa shape index (κ3) is 3.23. The second kappa shape index (κ2) is 6.43. The van der Waals surface area contributed by atoms with Gasteiger partial charge in [-0.2, -0.15) is 0 Å². The summed E-state index contributed by atoms with van der Waals surface area (Å²) in [7, 11) is 0. The summed E-state index contributed by atoms with van der Waals surface area (Å²) < 4.78 is 0. The Balaban J connectivity index is 1.71. The second-order valence-corrected chi connectivity index (χ2v) is 5.77. The molecule has 2 rings (SSSR count). The number of aliphatic carboxylic acids is 1. The molecule has 0 bridgehead atoms. The maximum atomic E-state index is 12.0. The predicted octanol–water partition coefficient (Wildman–Crippen LogP) is 1.12. The minimum absolute atomic E-state index is 0.0489. The molecule has 1 unspecified atom stereocenters. The van der Waals surface area contributed by atoms with Gasteiger partial charge in [0.25, 0.3) is 0 Å². The monoisotopic (exact) mass is 283 g/mol. The highest BCUT2D eigenvalue weighted by Crippen LogP contribution is 2.27. The van der Waals surface area contributed by atoms with Gasteiger partial charge in [0.1, 0.15) is 0 Å². The highest BCUT2D eigenvalue weighted by atomic mass is 16.4. The molecule has 2 amide bonds. The van der Waals surface area contributed by atoms with Crippen LogP contribution >= 0.6 is 0 Å². The number of carbonyl (C=O) groups excluding carboxylic acids is 1. The molecule has 2 N–H and O–H groups in total.